The van der Waals surface area contributed by atoms with Crippen molar-refractivity contribution in [2.24, 2.45) is 0 Å². The summed E-state index contributed by atoms with van der Waals surface area (Å²) in [5.74, 6) is 1.16. The molecule has 8 nitrogen and oxygen atoms in total. The third-order valence-electron chi connectivity index (χ3n) is 4.54. The molecule has 2 N–H and O–H groups in total. The van der Waals surface area contributed by atoms with Crippen molar-refractivity contribution in [2.45, 2.75) is 13.2 Å². The summed E-state index contributed by atoms with van der Waals surface area (Å²) in [4.78, 5) is 4.24. The third kappa shape index (κ3) is 4.19. The summed E-state index contributed by atoms with van der Waals surface area (Å²) in [5, 5.41) is 25.0. The van der Waals surface area contributed by atoms with Gasteiger partial charge in [0, 0.05) is 18.3 Å². The lowest BCUT2D eigenvalue weighted by Gasteiger charge is -2.11. The second kappa shape index (κ2) is 8.27. The Morgan fingerprint density at radius 3 is 2.62 bits per heavy atom. The minimum absolute atomic E-state index is 0.184. The van der Waals surface area contributed by atoms with E-state index in [9.17, 15) is 10.4 Å². The quantitative estimate of drug-likeness (QED) is 0.469. The number of nitrogens with one attached hydrogen (secondary N) is 1. The van der Waals surface area contributed by atoms with Gasteiger partial charge in [0.1, 0.15) is 12.4 Å². The van der Waals surface area contributed by atoms with Crippen LogP contribution in [-0.4, -0.2) is 27.1 Å². The van der Waals surface area contributed by atoms with Crippen LogP contribution in [0.15, 0.2) is 66.9 Å². The van der Waals surface area contributed by atoms with Crippen LogP contribution < -0.4 is 14.7 Å². The summed E-state index contributed by atoms with van der Waals surface area (Å²) in [6.45, 7) is 0.757. The van der Waals surface area contributed by atoms with Crippen LogP contribution in [0.25, 0.3) is 10.9 Å². The number of fused-ring (bicyclic) bond motifs is 1. The first-order valence-corrected chi connectivity index (χ1v) is 9.03. The van der Waals surface area contributed by atoms with Crippen molar-refractivity contribution in [3.63, 3.8) is 0 Å². The SMILES string of the molecule is COc1ccc(Cn2nc(OCc3ccccn3)c3cc([NH+]([O-])O)ccc32)cc1. The Balaban J connectivity index is 1.67. The normalized spacial score (nSPS) is 12.1. The lowest BCUT2D eigenvalue weighted by atomic mass is 10.2. The van der Waals surface area contributed by atoms with E-state index in [1.165, 1.54) is 0 Å². The molecule has 0 amide bonds. The molecule has 0 fully saturated rings. The average Bonchev–Trinajstić information content (AvgIpc) is 3.10. The Morgan fingerprint density at radius 2 is 1.93 bits per heavy atom. The van der Waals surface area contributed by atoms with Gasteiger partial charge in [0.2, 0.25) is 5.88 Å². The molecule has 0 spiro atoms. The summed E-state index contributed by atoms with van der Waals surface area (Å²) in [7, 11) is 1.63. The van der Waals surface area contributed by atoms with Crippen molar-refractivity contribution in [3.8, 4) is 11.6 Å². The summed E-state index contributed by atoms with van der Waals surface area (Å²) in [6, 6.07) is 18.2. The standard InChI is InChI=1S/C21H20N4O4/c1-28-18-8-5-15(6-9-18)13-24-20-10-7-17(25(26)27)12-19(20)21(23-24)29-14-16-4-2-3-11-22-16/h2-12,25-26H,13-14H2,1H3. The van der Waals surface area contributed by atoms with Crippen LogP contribution in [0.2, 0.25) is 0 Å². The molecular weight excluding hydrogens is 372 g/mol. The molecule has 4 aromatic rings. The Labute approximate surface area is 167 Å². The highest BCUT2D eigenvalue weighted by atomic mass is 16.8. The number of nitrogens with zero attached hydrogens (tertiary/aromatic N) is 3. The lowest BCUT2D eigenvalue weighted by Crippen LogP contribution is -2.99. The van der Waals surface area contributed by atoms with Gasteiger partial charge in [-0.25, -0.2) is 5.21 Å². The number of hydrogen-bond donors (Lipinski definition) is 2. The van der Waals surface area contributed by atoms with Gasteiger partial charge in [-0.3, -0.25) is 9.67 Å². The van der Waals surface area contributed by atoms with Gasteiger partial charge in [0.15, 0.2) is 5.69 Å². The second-order valence-corrected chi connectivity index (χ2v) is 6.46. The van der Waals surface area contributed by atoms with Gasteiger partial charge in [-0.2, -0.15) is 5.23 Å². The van der Waals surface area contributed by atoms with Gasteiger partial charge < -0.3 is 14.7 Å². The largest absolute Gasteiger partial charge is 0.595 e. The molecule has 8 heteroatoms. The zero-order valence-electron chi connectivity index (χ0n) is 15.8. The van der Waals surface area contributed by atoms with E-state index in [4.69, 9.17) is 9.47 Å². The van der Waals surface area contributed by atoms with Crippen LogP contribution in [0.3, 0.4) is 0 Å². The van der Waals surface area contributed by atoms with E-state index in [0.717, 1.165) is 22.5 Å². The molecule has 0 aliphatic heterocycles. The summed E-state index contributed by atoms with van der Waals surface area (Å²) < 4.78 is 12.9. The monoisotopic (exact) mass is 392 g/mol. The van der Waals surface area contributed by atoms with Crippen LogP contribution in [0, 0.1) is 5.21 Å². The Kier molecular flexibility index (Phi) is 5.39. The van der Waals surface area contributed by atoms with E-state index >= 15 is 0 Å². The van der Waals surface area contributed by atoms with Crippen molar-refractivity contribution in [3.05, 3.63) is 83.3 Å². The van der Waals surface area contributed by atoms with Gasteiger partial charge in [-0.05, 0) is 35.9 Å². The molecule has 2 aromatic heterocycles. The molecule has 0 saturated heterocycles. The topological polar surface area (TPSA) is 96.9 Å². The molecule has 1 unspecified atom stereocenters. The first-order chi connectivity index (χ1) is 14.1. The van der Waals surface area contributed by atoms with Crippen LogP contribution in [0.4, 0.5) is 5.69 Å². The molecule has 4 rings (SSSR count). The smallest absolute Gasteiger partial charge is 0.241 e. The zero-order valence-corrected chi connectivity index (χ0v) is 15.8. The number of hydrogen-bond acceptors (Lipinski definition) is 6. The van der Waals surface area contributed by atoms with Crippen molar-refractivity contribution in [2.75, 3.05) is 7.11 Å². The van der Waals surface area contributed by atoms with Gasteiger partial charge in [-0.15, -0.1) is 5.10 Å². The number of aromatic nitrogens is 3. The predicted molar refractivity (Wildman–Crippen MR) is 106 cm³/mol. The highest BCUT2D eigenvalue weighted by Gasteiger charge is 2.15. The molecule has 148 valence electrons. The number of quaternary nitrogens is 1. The van der Waals surface area contributed by atoms with E-state index < -0.39 is 5.23 Å². The molecule has 2 aromatic carbocycles. The van der Waals surface area contributed by atoms with Crippen LogP contribution in [0.1, 0.15) is 11.3 Å². The van der Waals surface area contributed by atoms with E-state index in [-0.39, 0.29) is 12.3 Å². The Morgan fingerprint density at radius 1 is 1.10 bits per heavy atom. The number of methoxy groups -OCH3 is 1. The summed E-state index contributed by atoms with van der Waals surface area (Å²) in [6.07, 6.45) is 1.70. The van der Waals surface area contributed by atoms with E-state index in [2.05, 4.69) is 10.1 Å². The highest BCUT2D eigenvalue weighted by molar-refractivity contribution is 5.86. The fourth-order valence-electron chi connectivity index (χ4n) is 3.04. The predicted octanol–water partition coefficient (Wildman–Crippen LogP) is 2.47. The van der Waals surface area contributed by atoms with Gasteiger partial charge >= 0.3 is 0 Å². The molecule has 0 radical (unpaired) electrons. The van der Waals surface area contributed by atoms with Crippen LogP contribution >= 0.6 is 0 Å². The number of rotatable bonds is 7. The van der Waals surface area contributed by atoms with Gasteiger partial charge in [0.05, 0.1) is 30.3 Å². The number of ether oxygens (including phenoxy) is 2. The third-order valence-corrected chi connectivity index (χ3v) is 4.54. The summed E-state index contributed by atoms with van der Waals surface area (Å²) in [5.41, 5.74) is 2.78. The van der Waals surface area contributed by atoms with Crippen molar-refractivity contribution in [1.82, 2.24) is 14.8 Å². The maximum absolute atomic E-state index is 11.4. The van der Waals surface area contributed by atoms with Crippen molar-refractivity contribution in [1.29, 1.82) is 0 Å². The van der Waals surface area contributed by atoms with E-state index in [0.29, 0.717) is 17.8 Å². The molecule has 1 atom stereocenters. The van der Waals surface area contributed by atoms with E-state index in [1.807, 2.05) is 42.5 Å². The fourth-order valence-corrected chi connectivity index (χ4v) is 3.04. The zero-order chi connectivity index (χ0) is 20.2. The average molecular weight is 392 g/mol. The second-order valence-electron chi connectivity index (χ2n) is 6.46. The van der Waals surface area contributed by atoms with E-state index in [1.54, 1.807) is 36.2 Å². The maximum Gasteiger partial charge on any atom is 0.241 e. The molecule has 0 aliphatic rings. The van der Waals surface area contributed by atoms with Crippen LogP contribution in [0.5, 0.6) is 11.6 Å². The first kappa shape index (κ1) is 18.9. The fraction of sp³-hybridized carbons (Fsp3) is 0.143. The van der Waals surface area contributed by atoms with Gasteiger partial charge in [0.25, 0.3) is 0 Å². The summed E-state index contributed by atoms with van der Waals surface area (Å²) >= 11 is 0. The van der Waals surface area contributed by atoms with Crippen molar-refractivity contribution < 1.29 is 19.9 Å². The molecular formula is C21H20N4O4. The Hall–Kier alpha value is -3.46. The molecule has 0 aliphatic carbocycles. The lowest BCUT2D eigenvalue weighted by molar-refractivity contribution is -0.991. The molecule has 29 heavy (non-hydrogen) atoms. The number of benzene rings is 2. The first-order valence-electron chi connectivity index (χ1n) is 9.03. The maximum atomic E-state index is 11.4. The molecule has 2 heterocycles. The molecule has 0 saturated carbocycles. The molecule has 0 bridgehead atoms. The van der Waals surface area contributed by atoms with Gasteiger partial charge in [-0.1, -0.05) is 18.2 Å². The minimum Gasteiger partial charge on any atom is -0.595 e. The minimum atomic E-state index is -0.995. The highest BCUT2D eigenvalue weighted by Crippen LogP contribution is 2.28. The Bertz CT molecular complexity index is 1100. The van der Waals surface area contributed by atoms with Crippen molar-refractivity contribution >= 4 is 16.6 Å². The number of pyridine rings is 1. The van der Waals surface area contributed by atoms with Crippen LogP contribution in [-0.2, 0) is 13.2 Å².